The Labute approximate surface area is 88.1 Å². The lowest BCUT2D eigenvalue weighted by atomic mass is 10.1. The van der Waals surface area contributed by atoms with E-state index in [0.717, 1.165) is 17.0 Å². The second-order valence-corrected chi connectivity index (χ2v) is 3.19. The summed E-state index contributed by atoms with van der Waals surface area (Å²) in [5.41, 5.74) is 3.01. The molecule has 0 aliphatic heterocycles. The van der Waals surface area contributed by atoms with Crippen molar-refractivity contribution in [3.63, 3.8) is 0 Å². The second-order valence-electron chi connectivity index (χ2n) is 3.19. The maximum atomic E-state index is 8.77. The van der Waals surface area contributed by atoms with Crippen molar-refractivity contribution in [1.82, 2.24) is 9.97 Å². The van der Waals surface area contributed by atoms with Gasteiger partial charge in [0.15, 0.2) is 0 Å². The predicted molar refractivity (Wildman–Crippen MR) is 56.9 cm³/mol. The minimum absolute atomic E-state index is 0.418. The van der Waals surface area contributed by atoms with Crippen LogP contribution < -0.4 is 0 Å². The van der Waals surface area contributed by atoms with Crippen molar-refractivity contribution in [3.05, 3.63) is 47.8 Å². The molecule has 0 unspecified atom stereocenters. The van der Waals surface area contributed by atoms with Crippen molar-refractivity contribution in [2.45, 2.75) is 6.92 Å². The topological polar surface area (TPSA) is 49.6 Å². The normalized spacial score (nSPS) is 9.60. The highest BCUT2D eigenvalue weighted by atomic mass is 14.8. The molecule has 3 nitrogen and oxygen atoms in total. The van der Waals surface area contributed by atoms with Gasteiger partial charge in [-0.1, -0.05) is 12.1 Å². The molecule has 2 aromatic rings. The first kappa shape index (κ1) is 9.35. The smallest absolute Gasteiger partial charge is 0.141 e. The summed E-state index contributed by atoms with van der Waals surface area (Å²) >= 11 is 0. The highest BCUT2D eigenvalue weighted by molar-refractivity contribution is 5.59. The Hall–Kier alpha value is -2.21. The highest BCUT2D eigenvalue weighted by Crippen LogP contribution is 2.18. The average molecular weight is 195 g/mol. The molecule has 0 aliphatic carbocycles. The third-order valence-corrected chi connectivity index (χ3v) is 2.12. The Balaban J connectivity index is 2.58. The van der Waals surface area contributed by atoms with Crippen LogP contribution in [0, 0.1) is 18.3 Å². The van der Waals surface area contributed by atoms with E-state index in [2.05, 4.69) is 9.97 Å². The zero-order valence-corrected chi connectivity index (χ0v) is 8.31. The van der Waals surface area contributed by atoms with E-state index in [9.17, 15) is 0 Å². The minimum atomic E-state index is 0.418. The quantitative estimate of drug-likeness (QED) is 0.701. The first-order chi connectivity index (χ1) is 7.31. The van der Waals surface area contributed by atoms with E-state index in [0.29, 0.717) is 5.69 Å². The van der Waals surface area contributed by atoms with E-state index in [4.69, 9.17) is 5.26 Å². The largest absolute Gasteiger partial charge is 0.255 e. The predicted octanol–water partition coefficient (Wildman–Crippen LogP) is 2.32. The van der Waals surface area contributed by atoms with Crippen molar-refractivity contribution in [2.75, 3.05) is 0 Å². The summed E-state index contributed by atoms with van der Waals surface area (Å²) in [5.74, 6) is 0. The molecule has 0 atom stereocenters. The maximum Gasteiger partial charge on any atom is 0.141 e. The molecule has 2 heterocycles. The Bertz CT molecular complexity index is 512. The molecule has 0 aromatic carbocycles. The van der Waals surface area contributed by atoms with Crippen LogP contribution in [0.2, 0.25) is 0 Å². The molecule has 0 amide bonds. The van der Waals surface area contributed by atoms with Crippen molar-refractivity contribution < 1.29 is 0 Å². The zero-order chi connectivity index (χ0) is 10.7. The van der Waals surface area contributed by atoms with Gasteiger partial charge in [0.05, 0.1) is 11.4 Å². The molecule has 2 aromatic heterocycles. The van der Waals surface area contributed by atoms with Crippen LogP contribution in [0.25, 0.3) is 11.4 Å². The molecule has 15 heavy (non-hydrogen) atoms. The van der Waals surface area contributed by atoms with Gasteiger partial charge < -0.3 is 0 Å². The zero-order valence-electron chi connectivity index (χ0n) is 8.31. The molecule has 0 spiro atoms. The van der Waals surface area contributed by atoms with E-state index in [1.54, 1.807) is 12.3 Å². The molecule has 3 heteroatoms. The van der Waals surface area contributed by atoms with Gasteiger partial charge >= 0.3 is 0 Å². The van der Waals surface area contributed by atoms with E-state index in [-0.39, 0.29) is 0 Å². The lowest BCUT2D eigenvalue weighted by Crippen LogP contribution is -1.93. The third-order valence-electron chi connectivity index (χ3n) is 2.12. The number of pyridine rings is 2. The summed E-state index contributed by atoms with van der Waals surface area (Å²) in [5, 5.41) is 8.77. The van der Waals surface area contributed by atoms with Crippen LogP contribution in [-0.2, 0) is 0 Å². The minimum Gasteiger partial charge on any atom is -0.255 e. The molecule has 0 aliphatic rings. The van der Waals surface area contributed by atoms with Gasteiger partial charge in [0.1, 0.15) is 11.8 Å². The Morgan fingerprint density at radius 1 is 1.20 bits per heavy atom. The molecule has 0 saturated heterocycles. The maximum absolute atomic E-state index is 8.77. The van der Waals surface area contributed by atoms with Crippen LogP contribution in [0.3, 0.4) is 0 Å². The number of hydrogen-bond donors (Lipinski definition) is 0. The van der Waals surface area contributed by atoms with Gasteiger partial charge in [-0.15, -0.1) is 0 Å². The summed E-state index contributed by atoms with van der Waals surface area (Å²) in [7, 11) is 0. The Kier molecular flexibility index (Phi) is 2.42. The fourth-order valence-corrected chi connectivity index (χ4v) is 1.35. The van der Waals surface area contributed by atoms with Crippen LogP contribution in [0.1, 0.15) is 11.3 Å². The van der Waals surface area contributed by atoms with Crippen LogP contribution in [0.15, 0.2) is 36.5 Å². The van der Waals surface area contributed by atoms with Crippen LogP contribution in [0.4, 0.5) is 0 Å². The van der Waals surface area contributed by atoms with E-state index >= 15 is 0 Å². The first-order valence-electron chi connectivity index (χ1n) is 4.60. The Morgan fingerprint density at radius 3 is 2.73 bits per heavy atom. The van der Waals surface area contributed by atoms with Gasteiger partial charge in [0.25, 0.3) is 0 Å². The van der Waals surface area contributed by atoms with Crippen molar-refractivity contribution in [1.29, 1.82) is 5.26 Å². The number of nitrogens with zero attached hydrogens (tertiary/aromatic N) is 3. The molecule has 0 fully saturated rings. The van der Waals surface area contributed by atoms with E-state index in [1.165, 1.54) is 0 Å². The van der Waals surface area contributed by atoms with Gasteiger partial charge in [-0.05, 0) is 30.7 Å². The molecule has 72 valence electrons. The number of nitriles is 1. The summed E-state index contributed by atoms with van der Waals surface area (Å²) < 4.78 is 0. The fraction of sp³-hybridized carbons (Fsp3) is 0.0833. The second kappa shape index (κ2) is 3.89. The third kappa shape index (κ3) is 1.84. The van der Waals surface area contributed by atoms with Crippen molar-refractivity contribution in [2.24, 2.45) is 0 Å². The van der Waals surface area contributed by atoms with Gasteiger partial charge in [-0.2, -0.15) is 5.26 Å². The monoisotopic (exact) mass is 195 g/mol. The van der Waals surface area contributed by atoms with Gasteiger partial charge in [0.2, 0.25) is 0 Å². The molecular weight excluding hydrogens is 186 g/mol. The van der Waals surface area contributed by atoms with E-state index < -0.39 is 0 Å². The van der Waals surface area contributed by atoms with Gasteiger partial charge in [-0.3, -0.25) is 4.98 Å². The summed E-state index contributed by atoms with van der Waals surface area (Å²) in [6.45, 7) is 1.96. The van der Waals surface area contributed by atoms with Gasteiger partial charge in [0, 0.05) is 6.20 Å². The van der Waals surface area contributed by atoms with Crippen LogP contribution in [0.5, 0.6) is 0 Å². The standard InChI is InChI=1S/C12H9N3/c1-9-5-6-10(8-13)15-12(9)11-4-2-3-7-14-11/h2-7H,1H3. The fourth-order valence-electron chi connectivity index (χ4n) is 1.35. The summed E-state index contributed by atoms with van der Waals surface area (Å²) in [6, 6.07) is 11.3. The average Bonchev–Trinajstić information content (AvgIpc) is 2.31. The SMILES string of the molecule is Cc1ccc(C#N)nc1-c1ccccn1. The van der Waals surface area contributed by atoms with Crippen molar-refractivity contribution in [3.8, 4) is 17.5 Å². The summed E-state index contributed by atoms with van der Waals surface area (Å²) in [4.78, 5) is 8.45. The molecule has 0 radical (unpaired) electrons. The highest BCUT2D eigenvalue weighted by Gasteiger charge is 2.05. The lowest BCUT2D eigenvalue weighted by Gasteiger charge is -2.03. The van der Waals surface area contributed by atoms with Crippen LogP contribution >= 0.6 is 0 Å². The van der Waals surface area contributed by atoms with Crippen LogP contribution in [-0.4, -0.2) is 9.97 Å². The number of rotatable bonds is 1. The van der Waals surface area contributed by atoms with Crippen molar-refractivity contribution >= 4 is 0 Å². The molecule has 0 bridgehead atoms. The molecular formula is C12H9N3. The number of aryl methyl sites for hydroxylation is 1. The lowest BCUT2D eigenvalue weighted by molar-refractivity contribution is 1.19. The molecule has 2 rings (SSSR count). The molecule has 0 saturated carbocycles. The summed E-state index contributed by atoms with van der Waals surface area (Å²) in [6.07, 6.45) is 1.72. The first-order valence-corrected chi connectivity index (χ1v) is 4.60. The number of aromatic nitrogens is 2. The molecule has 0 N–H and O–H groups in total. The van der Waals surface area contributed by atoms with Gasteiger partial charge in [-0.25, -0.2) is 4.98 Å². The van der Waals surface area contributed by atoms with E-state index in [1.807, 2.05) is 37.3 Å². The number of hydrogen-bond acceptors (Lipinski definition) is 3. The Morgan fingerprint density at radius 2 is 2.07 bits per heavy atom.